The van der Waals surface area contributed by atoms with E-state index >= 15 is 0 Å². The first kappa shape index (κ1) is 26.0. The average molecular weight is 506 g/mol. The Kier molecular flexibility index (Phi) is 8.28. The van der Waals surface area contributed by atoms with E-state index in [1.54, 1.807) is 0 Å². The van der Waals surface area contributed by atoms with Gasteiger partial charge < -0.3 is 16.0 Å². The molecule has 3 amide bonds. The molecule has 0 aliphatic carbocycles. The molecule has 1 saturated heterocycles. The Labute approximate surface area is 214 Å². The maximum atomic E-state index is 13.4. The summed E-state index contributed by atoms with van der Waals surface area (Å²) in [6.45, 7) is 1.50. The Balaban J connectivity index is 1.44. The lowest BCUT2D eigenvalue weighted by molar-refractivity contribution is -0.131. The zero-order chi connectivity index (χ0) is 26.4. The van der Waals surface area contributed by atoms with Gasteiger partial charge in [-0.2, -0.15) is 0 Å². The first-order chi connectivity index (χ1) is 17.8. The van der Waals surface area contributed by atoms with E-state index in [1.807, 2.05) is 60.7 Å². The Morgan fingerprint density at radius 1 is 0.919 bits per heavy atom. The minimum Gasteiger partial charge on any atom is -0.347 e. The van der Waals surface area contributed by atoms with Crippen molar-refractivity contribution in [3.05, 3.63) is 107 Å². The summed E-state index contributed by atoms with van der Waals surface area (Å²) in [5.41, 5.74) is 2.21. The van der Waals surface area contributed by atoms with Gasteiger partial charge in [0.05, 0.1) is 12.5 Å². The Morgan fingerprint density at radius 2 is 1.51 bits per heavy atom. The van der Waals surface area contributed by atoms with Crippen molar-refractivity contribution in [2.75, 3.05) is 0 Å². The van der Waals surface area contributed by atoms with Crippen LogP contribution in [0.2, 0.25) is 0 Å². The van der Waals surface area contributed by atoms with Gasteiger partial charge in [-0.15, -0.1) is 0 Å². The molecule has 8 heteroatoms. The first-order valence-corrected chi connectivity index (χ1v) is 12.2. The number of carbonyl (C=O) groups is 3. The number of halogens is 2. The van der Waals surface area contributed by atoms with Crippen molar-refractivity contribution in [3.8, 4) is 0 Å². The molecule has 6 nitrogen and oxygen atoms in total. The molecule has 0 spiro atoms. The van der Waals surface area contributed by atoms with Gasteiger partial charge in [0.15, 0.2) is 0 Å². The highest BCUT2D eigenvalue weighted by Crippen LogP contribution is 2.34. The van der Waals surface area contributed by atoms with E-state index in [4.69, 9.17) is 0 Å². The molecule has 1 aliphatic rings. The van der Waals surface area contributed by atoms with E-state index in [9.17, 15) is 23.2 Å². The van der Waals surface area contributed by atoms with Crippen molar-refractivity contribution < 1.29 is 23.2 Å². The van der Waals surface area contributed by atoms with Crippen LogP contribution in [0.4, 0.5) is 8.78 Å². The van der Waals surface area contributed by atoms with Gasteiger partial charge in [-0.3, -0.25) is 14.4 Å². The highest BCUT2D eigenvalue weighted by atomic mass is 19.1. The number of hydrogen-bond acceptors (Lipinski definition) is 3. The molecule has 0 saturated carbocycles. The molecule has 37 heavy (non-hydrogen) atoms. The number of hydrogen-bond donors (Lipinski definition) is 3. The molecule has 1 heterocycles. The summed E-state index contributed by atoms with van der Waals surface area (Å²) in [6, 6.07) is 20.4. The lowest BCUT2D eigenvalue weighted by Crippen LogP contribution is -2.52. The van der Waals surface area contributed by atoms with Crippen LogP contribution in [0.3, 0.4) is 0 Å². The molecule has 3 aromatic rings. The van der Waals surface area contributed by atoms with Crippen LogP contribution in [-0.2, 0) is 20.8 Å². The lowest BCUT2D eigenvalue weighted by atomic mass is 9.86. The van der Waals surface area contributed by atoms with E-state index < -0.39 is 35.5 Å². The van der Waals surface area contributed by atoms with Crippen molar-refractivity contribution in [1.29, 1.82) is 0 Å². The maximum absolute atomic E-state index is 13.4. The molecule has 3 N–H and O–H groups in total. The highest BCUT2D eigenvalue weighted by Gasteiger charge is 2.34. The number of amides is 3. The summed E-state index contributed by atoms with van der Waals surface area (Å²) >= 11 is 0. The molecule has 1 fully saturated rings. The predicted octanol–water partition coefficient (Wildman–Crippen LogP) is 3.93. The molecular formula is C29H29F2N3O3. The molecular weight excluding hydrogens is 476 g/mol. The van der Waals surface area contributed by atoms with Crippen LogP contribution in [0.25, 0.3) is 0 Å². The molecule has 0 aromatic heterocycles. The first-order valence-electron chi connectivity index (χ1n) is 12.2. The SMILES string of the molecule is C[C@H](NC(=O)Cc1cc(F)cc(F)c1)C(=O)N[C@H]1C[C@H](c2ccccc2)C[C@@H](c2ccccc2)NC1=O. The van der Waals surface area contributed by atoms with Gasteiger partial charge in [0.1, 0.15) is 23.7 Å². The van der Waals surface area contributed by atoms with E-state index in [-0.39, 0.29) is 29.9 Å². The van der Waals surface area contributed by atoms with Crippen LogP contribution >= 0.6 is 0 Å². The Morgan fingerprint density at radius 3 is 2.14 bits per heavy atom. The molecule has 4 rings (SSSR count). The quantitative estimate of drug-likeness (QED) is 0.455. The van der Waals surface area contributed by atoms with Crippen LogP contribution in [0, 0.1) is 11.6 Å². The predicted molar refractivity (Wildman–Crippen MR) is 135 cm³/mol. The lowest BCUT2D eigenvalue weighted by Gasteiger charge is -2.22. The van der Waals surface area contributed by atoms with Crippen LogP contribution < -0.4 is 16.0 Å². The summed E-state index contributed by atoms with van der Waals surface area (Å²) in [5, 5.41) is 8.38. The maximum Gasteiger partial charge on any atom is 0.243 e. The number of carbonyl (C=O) groups excluding carboxylic acids is 3. The van der Waals surface area contributed by atoms with Crippen LogP contribution in [0.15, 0.2) is 78.9 Å². The molecule has 0 radical (unpaired) electrons. The molecule has 3 aromatic carbocycles. The fourth-order valence-electron chi connectivity index (χ4n) is 4.68. The third-order valence-corrected chi connectivity index (χ3v) is 6.52. The monoisotopic (exact) mass is 505 g/mol. The van der Waals surface area contributed by atoms with E-state index in [1.165, 1.54) is 6.92 Å². The average Bonchev–Trinajstić information content (AvgIpc) is 3.03. The summed E-state index contributed by atoms with van der Waals surface area (Å²) < 4.78 is 26.8. The van der Waals surface area contributed by atoms with Crippen LogP contribution in [0.5, 0.6) is 0 Å². The van der Waals surface area contributed by atoms with E-state index in [2.05, 4.69) is 16.0 Å². The third-order valence-electron chi connectivity index (χ3n) is 6.52. The number of benzene rings is 3. The van der Waals surface area contributed by atoms with Crippen molar-refractivity contribution in [1.82, 2.24) is 16.0 Å². The van der Waals surface area contributed by atoms with Crippen molar-refractivity contribution in [2.24, 2.45) is 0 Å². The molecule has 4 atom stereocenters. The summed E-state index contributed by atoms with van der Waals surface area (Å²) in [6.07, 6.45) is 0.780. The number of nitrogens with one attached hydrogen (secondary N) is 3. The van der Waals surface area contributed by atoms with Crippen LogP contribution in [-0.4, -0.2) is 29.8 Å². The second kappa shape index (κ2) is 11.8. The van der Waals surface area contributed by atoms with Gasteiger partial charge in [-0.05, 0) is 54.5 Å². The second-order valence-electron chi connectivity index (χ2n) is 9.36. The Bertz CT molecular complexity index is 1230. The van der Waals surface area contributed by atoms with Gasteiger partial charge in [0.2, 0.25) is 17.7 Å². The molecule has 0 unspecified atom stereocenters. The second-order valence-corrected chi connectivity index (χ2v) is 9.36. The normalized spacial score (nSPS) is 20.3. The zero-order valence-electron chi connectivity index (χ0n) is 20.4. The molecule has 1 aliphatic heterocycles. The minimum atomic E-state index is -0.956. The topological polar surface area (TPSA) is 87.3 Å². The molecule has 192 valence electrons. The van der Waals surface area contributed by atoms with Crippen molar-refractivity contribution in [2.45, 2.75) is 50.2 Å². The van der Waals surface area contributed by atoms with Gasteiger partial charge in [0, 0.05) is 6.07 Å². The van der Waals surface area contributed by atoms with Gasteiger partial charge in [0.25, 0.3) is 0 Å². The zero-order valence-corrected chi connectivity index (χ0v) is 20.4. The largest absolute Gasteiger partial charge is 0.347 e. The number of rotatable bonds is 7. The smallest absolute Gasteiger partial charge is 0.243 e. The third kappa shape index (κ3) is 7.00. The van der Waals surface area contributed by atoms with Crippen molar-refractivity contribution in [3.63, 3.8) is 0 Å². The standard InChI is InChI=1S/C29H29F2N3O3/c1-18(32-27(35)14-19-12-23(30)17-24(31)13-19)28(36)34-26-16-22(20-8-4-2-5-9-20)15-25(33-29(26)37)21-10-6-3-7-11-21/h2-13,17-18,22,25-26H,14-16H2,1H3,(H,32,35)(H,33,37)(H,34,36)/t18-,22+,25-,26-/m0/s1. The fourth-order valence-corrected chi connectivity index (χ4v) is 4.68. The highest BCUT2D eigenvalue weighted by molar-refractivity contribution is 5.92. The summed E-state index contributed by atoms with van der Waals surface area (Å²) in [7, 11) is 0. The fraction of sp³-hybridized carbons (Fsp3) is 0.276. The minimum absolute atomic E-state index is 0.00317. The summed E-state index contributed by atoms with van der Waals surface area (Å²) in [4.78, 5) is 38.5. The van der Waals surface area contributed by atoms with Gasteiger partial charge >= 0.3 is 0 Å². The van der Waals surface area contributed by atoms with Crippen molar-refractivity contribution >= 4 is 17.7 Å². The van der Waals surface area contributed by atoms with E-state index in [0.29, 0.717) is 12.8 Å². The summed E-state index contributed by atoms with van der Waals surface area (Å²) in [5.74, 6) is -2.95. The van der Waals surface area contributed by atoms with Crippen LogP contribution in [0.1, 0.15) is 48.4 Å². The molecule has 0 bridgehead atoms. The van der Waals surface area contributed by atoms with Gasteiger partial charge in [-0.1, -0.05) is 60.7 Å². The van der Waals surface area contributed by atoms with Gasteiger partial charge in [-0.25, -0.2) is 8.78 Å². The Hall–Kier alpha value is -4.07. The van der Waals surface area contributed by atoms with E-state index in [0.717, 1.165) is 29.3 Å².